The summed E-state index contributed by atoms with van der Waals surface area (Å²) in [6.45, 7) is -3.41. The van der Waals surface area contributed by atoms with Crippen molar-refractivity contribution in [1.82, 2.24) is 20.9 Å². The van der Waals surface area contributed by atoms with E-state index in [0.717, 1.165) is 4.90 Å². The van der Waals surface area contributed by atoms with Gasteiger partial charge in [0.1, 0.15) is 79.0 Å². The van der Waals surface area contributed by atoms with Gasteiger partial charge in [-0.15, -0.1) is 0 Å². The number of aliphatic hydroxyl groups excluding tert-OH is 12. The summed E-state index contributed by atoms with van der Waals surface area (Å²) in [5, 5.41) is 126. The van der Waals surface area contributed by atoms with Crippen LogP contribution in [0.25, 0.3) is 0 Å². The van der Waals surface area contributed by atoms with E-state index < -0.39 is 149 Å². The lowest BCUT2D eigenvalue weighted by Gasteiger charge is -2.39. The molecule has 0 radical (unpaired) electrons. The number of Topliss-reactive ketones (excluding diaryl/α,β-unsaturated/α-hetero) is 1. The Hall–Kier alpha value is -2.68. The Balaban J connectivity index is 1.67. The zero-order valence-electron chi connectivity index (χ0n) is 33.5. The molecule has 0 aliphatic carbocycles. The first-order valence-electron chi connectivity index (χ1n) is 19.8. The van der Waals surface area contributed by atoms with Crippen LogP contribution in [0.2, 0.25) is 0 Å². The molecule has 3 heterocycles. The van der Waals surface area contributed by atoms with Crippen LogP contribution in [-0.2, 0) is 47.6 Å². The molecule has 3 aliphatic heterocycles. The van der Waals surface area contributed by atoms with Crippen molar-refractivity contribution in [3.8, 4) is 0 Å². The number of amides is 3. The smallest absolute Gasteiger partial charge is 0.237 e. The van der Waals surface area contributed by atoms with Crippen LogP contribution < -0.4 is 16.0 Å². The standard InChI is InChI=1S/C35H62N4O22/c1-2-16(43)3-4-17(32(55)38-7-10-58-35-31(54)28(51)25(48)20(15-42)61-35)39(11-21(44)36-5-8-56-33-29(52)26(49)23(46)18(13-40)59-33)12-22(45)37-6-9-57-34-30(53)27(50)24(47)19(14-41)60-34/h17-20,23-31,33-35,40-42,46-54H,2-15H2,1H3,(H,36,44)(H,37,45)(H,38,55)/t17-,18+,19+,20+,23+,24+,25+,26-,27-,28-,29-,30-,31-,33-,34-,35-/m0/s1. The maximum atomic E-state index is 13.7. The minimum absolute atomic E-state index is 0.116. The van der Waals surface area contributed by atoms with Crippen LogP contribution >= 0.6 is 0 Å². The van der Waals surface area contributed by atoms with Gasteiger partial charge < -0.3 is 106 Å². The van der Waals surface area contributed by atoms with Crippen molar-refractivity contribution in [2.45, 2.75) is 124 Å². The summed E-state index contributed by atoms with van der Waals surface area (Å²) in [4.78, 5) is 53.7. The third kappa shape index (κ3) is 15.2. The maximum absolute atomic E-state index is 13.7. The Morgan fingerprint density at radius 3 is 1.21 bits per heavy atom. The molecule has 16 atom stereocenters. The van der Waals surface area contributed by atoms with Gasteiger partial charge in [-0.3, -0.25) is 24.1 Å². The Kier molecular flexibility index (Phi) is 22.6. The number of ketones is 1. The van der Waals surface area contributed by atoms with Crippen molar-refractivity contribution in [2.75, 3.05) is 72.4 Å². The van der Waals surface area contributed by atoms with E-state index in [1.165, 1.54) is 0 Å². The normalized spacial score (nSPS) is 34.8. The van der Waals surface area contributed by atoms with Crippen molar-refractivity contribution in [3.05, 3.63) is 0 Å². The van der Waals surface area contributed by atoms with Gasteiger partial charge in [-0.2, -0.15) is 0 Å². The van der Waals surface area contributed by atoms with E-state index in [2.05, 4.69) is 16.0 Å². The molecule has 3 rings (SSSR count). The van der Waals surface area contributed by atoms with E-state index in [-0.39, 0.29) is 64.5 Å². The van der Waals surface area contributed by atoms with Crippen LogP contribution in [0.5, 0.6) is 0 Å². The van der Waals surface area contributed by atoms with Crippen LogP contribution in [0.15, 0.2) is 0 Å². The van der Waals surface area contributed by atoms with Crippen molar-refractivity contribution >= 4 is 23.5 Å². The van der Waals surface area contributed by atoms with Gasteiger partial charge in [0.15, 0.2) is 18.9 Å². The highest BCUT2D eigenvalue weighted by molar-refractivity contribution is 5.87. The van der Waals surface area contributed by atoms with Gasteiger partial charge in [0.2, 0.25) is 17.7 Å². The number of rotatable bonds is 25. The van der Waals surface area contributed by atoms with Crippen LogP contribution in [-0.4, -0.2) is 260 Å². The Labute approximate surface area is 349 Å². The average molecular weight is 891 g/mol. The molecule has 0 saturated carbocycles. The molecule has 354 valence electrons. The molecule has 26 heteroatoms. The molecular weight excluding hydrogens is 828 g/mol. The number of nitrogens with one attached hydrogen (secondary N) is 3. The van der Waals surface area contributed by atoms with Gasteiger partial charge in [-0.25, -0.2) is 0 Å². The van der Waals surface area contributed by atoms with Gasteiger partial charge in [-0.05, 0) is 6.42 Å². The molecular formula is C35H62N4O22. The zero-order valence-corrected chi connectivity index (χ0v) is 33.5. The largest absolute Gasteiger partial charge is 0.394 e. The molecule has 0 aromatic heterocycles. The Morgan fingerprint density at radius 1 is 0.541 bits per heavy atom. The van der Waals surface area contributed by atoms with E-state index in [4.69, 9.17) is 28.4 Å². The number of carbonyl (C=O) groups is 4. The highest BCUT2D eigenvalue weighted by atomic mass is 16.7. The van der Waals surface area contributed by atoms with Crippen LogP contribution in [0.1, 0.15) is 26.2 Å². The van der Waals surface area contributed by atoms with Gasteiger partial charge in [0.05, 0.1) is 58.8 Å². The average Bonchev–Trinajstić information content (AvgIpc) is 3.24. The van der Waals surface area contributed by atoms with Crippen molar-refractivity contribution in [2.24, 2.45) is 0 Å². The van der Waals surface area contributed by atoms with Crippen molar-refractivity contribution in [1.29, 1.82) is 0 Å². The molecule has 3 aliphatic rings. The summed E-state index contributed by atoms with van der Waals surface area (Å²) in [5.74, 6) is -2.50. The second-order valence-electron chi connectivity index (χ2n) is 14.5. The van der Waals surface area contributed by atoms with Crippen LogP contribution in [0, 0.1) is 0 Å². The lowest BCUT2D eigenvalue weighted by Crippen LogP contribution is -2.59. The second-order valence-corrected chi connectivity index (χ2v) is 14.5. The monoisotopic (exact) mass is 890 g/mol. The number of aliphatic hydroxyl groups is 12. The third-order valence-corrected chi connectivity index (χ3v) is 10.2. The first-order valence-corrected chi connectivity index (χ1v) is 19.8. The molecule has 0 spiro atoms. The summed E-state index contributed by atoms with van der Waals surface area (Å²) < 4.78 is 32.0. The van der Waals surface area contributed by atoms with E-state index in [1.54, 1.807) is 6.92 Å². The van der Waals surface area contributed by atoms with E-state index in [0.29, 0.717) is 0 Å². The molecule has 26 nitrogen and oxygen atoms in total. The van der Waals surface area contributed by atoms with Crippen molar-refractivity contribution in [3.63, 3.8) is 0 Å². The highest BCUT2D eigenvalue weighted by Crippen LogP contribution is 2.24. The van der Waals surface area contributed by atoms with E-state index in [9.17, 15) is 80.5 Å². The molecule has 61 heavy (non-hydrogen) atoms. The quantitative estimate of drug-likeness (QED) is 0.0378. The number of carbonyl (C=O) groups excluding carboxylic acids is 4. The molecule has 3 amide bonds. The molecule has 3 saturated heterocycles. The van der Waals surface area contributed by atoms with E-state index >= 15 is 0 Å². The van der Waals surface area contributed by atoms with Gasteiger partial charge >= 0.3 is 0 Å². The Morgan fingerprint density at radius 2 is 0.885 bits per heavy atom. The lowest BCUT2D eigenvalue weighted by molar-refractivity contribution is -0.300. The molecule has 0 aromatic rings. The fourth-order valence-electron chi connectivity index (χ4n) is 6.52. The fraction of sp³-hybridized carbons (Fsp3) is 0.886. The number of nitrogens with zero attached hydrogens (tertiary/aromatic N) is 1. The molecule has 0 unspecified atom stereocenters. The SMILES string of the molecule is CCC(=O)CC[C@@H](C(=O)NCCO[C@H]1O[C@H](CO)[C@@H](O)[C@H](O)[C@@H]1O)N(CC(=O)NCCO[C@H]1O[C@H](CO)[C@@H](O)[C@H](O)[C@@H]1O)CC(=O)NCCO[C@H]1O[C@H](CO)[C@@H](O)[C@H](O)[C@@H]1O. The predicted octanol–water partition coefficient (Wildman–Crippen LogP) is -9.79. The summed E-state index contributed by atoms with van der Waals surface area (Å²) in [6, 6.07) is -1.31. The molecule has 3 fully saturated rings. The third-order valence-electron chi connectivity index (χ3n) is 10.2. The van der Waals surface area contributed by atoms with Crippen LogP contribution in [0.3, 0.4) is 0 Å². The number of hydrogen-bond donors (Lipinski definition) is 15. The van der Waals surface area contributed by atoms with Gasteiger partial charge in [-0.1, -0.05) is 6.92 Å². The topological polar surface area (TPSA) is 406 Å². The summed E-state index contributed by atoms with van der Waals surface area (Å²) in [5.41, 5.74) is 0. The minimum atomic E-state index is -1.71. The highest BCUT2D eigenvalue weighted by Gasteiger charge is 2.46. The fourth-order valence-corrected chi connectivity index (χ4v) is 6.52. The molecule has 0 bridgehead atoms. The number of hydrogen-bond acceptors (Lipinski definition) is 23. The summed E-state index contributed by atoms with van der Waals surface area (Å²) in [6.07, 6.45) is -23.5. The van der Waals surface area contributed by atoms with Crippen molar-refractivity contribution < 1.29 is 109 Å². The second kappa shape index (κ2) is 26.2. The van der Waals surface area contributed by atoms with Gasteiger partial charge in [0.25, 0.3) is 0 Å². The molecule has 0 aromatic carbocycles. The van der Waals surface area contributed by atoms with Crippen LogP contribution in [0.4, 0.5) is 0 Å². The number of ether oxygens (including phenoxy) is 6. The van der Waals surface area contributed by atoms with Gasteiger partial charge in [0, 0.05) is 32.5 Å². The first-order chi connectivity index (χ1) is 29.0. The first kappa shape index (κ1) is 52.7. The maximum Gasteiger partial charge on any atom is 0.237 e. The summed E-state index contributed by atoms with van der Waals surface area (Å²) >= 11 is 0. The zero-order chi connectivity index (χ0) is 45.4. The Bertz CT molecular complexity index is 1290. The summed E-state index contributed by atoms with van der Waals surface area (Å²) in [7, 11) is 0. The predicted molar refractivity (Wildman–Crippen MR) is 198 cm³/mol. The molecule has 15 N–H and O–H groups in total. The minimum Gasteiger partial charge on any atom is -0.394 e. The lowest BCUT2D eigenvalue weighted by atomic mass is 9.99. The van der Waals surface area contributed by atoms with E-state index in [1.807, 2.05) is 0 Å².